The maximum absolute atomic E-state index is 7.23. The van der Waals surface area contributed by atoms with Gasteiger partial charge in [0.2, 0.25) is 0 Å². The van der Waals surface area contributed by atoms with Gasteiger partial charge in [-0.3, -0.25) is 0 Å². The molecule has 0 fully saturated rings. The van der Waals surface area contributed by atoms with E-state index in [4.69, 9.17) is 49.5 Å². The van der Waals surface area contributed by atoms with E-state index in [2.05, 4.69) is 16.0 Å². The van der Waals surface area contributed by atoms with Crippen LogP contribution in [0.15, 0.2) is 0 Å². The summed E-state index contributed by atoms with van der Waals surface area (Å²) in [5.74, 6) is 0. The van der Waals surface area contributed by atoms with Crippen molar-refractivity contribution in [2.24, 2.45) is 0 Å². The van der Waals surface area contributed by atoms with E-state index >= 15 is 0 Å². The van der Waals surface area contributed by atoms with Gasteiger partial charge in [-0.2, -0.15) is 0 Å². The molecule has 0 heterocycles. The van der Waals surface area contributed by atoms with E-state index in [1.54, 1.807) is 0 Å². The molecular formula is C2H6Cl4Cu3O3P. The van der Waals surface area contributed by atoms with E-state index in [1.165, 1.54) is 0 Å². The molecule has 0 spiro atoms. The summed E-state index contributed by atoms with van der Waals surface area (Å²) in [5, 5.41) is 0.130. The van der Waals surface area contributed by atoms with E-state index < -0.39 is 12.4 Å². The van der Waals surface area contributed by atoms with Gasteiger partial charge in [0.1, 0.15) is 0 Å². The van der Waals surface area contributed by atoms with Crippen molar-refractivity contribution >= 4 is 55.8 Å². The Morgan fingerprint density at radius 2 is 1.15 bits per heavy atom. The molecule has 0 aromatic rings. The topological polar surface area (TPSA) is 60.7 Å². The molecule has 0 bridgehead atoms. The van der Waals surface area contributed by atoms with Crippen LogP contribution < -0.4 is 0 Å². The van der Waals surface area contributed by atoms with Crippen LogP contribution in [0.1, 0.15) is 0 Å². The zero-order valence-corrected chi connectivity index (χ0v) is 12.2. The van der Waals surface area contributed by atoms with E-state index in [1.807, 2.05) is 0 Å². The van der Waals surface area contributed by atoms with Gasteiger partial charge in [-0.05, 0) is 0 Å². The van der Waals surface area contributed by atoms with Crippen molar-refractivity contribution in [3.05, 3.63) is 0 Å². The van der Waals surface area contributed by atoms with Crippen LogP contribution in [0.5, 0.6) is 0 Å². The fraction of sp³-hybridized carbons (Fsp3) is 1.00. The summed E-state index contributed by atoms with van der Waals surface area (Å²) < 4.78 is -1.24. The van der Waals surface area contributed by atoms with Crippen molar-refractivity contribution in [2.45, 2.75) is 9.11 Å². The Kier molecular flexibility index (Phi) is 39.9. The van der Waals surface area contributed by atoms with Gasteiger partial charge in [0.05, 0.1) is 0 Å². The first-order chi connectivity index (χ1) is 4.29. The minimum atomic E-state index is -2.62. The molecule has 0 aliphatic carbocycles. The minimum absolute atomic E-state index is 0. The van der Waals surface area contributed by atoms with Gasteiger partial charge in [-0.25, -0.2) is 0 Å². The Morgan fingerprint density at radius 1 is 1.08 bits per heavy atom. The van der Waals surface area contributed by atoms with Gasteiger partial charge in [-0.1, -0.05) is 0 Å². The zero-order valence-electron chi connectivity index (χ0n) is 5.44. The predicted octanol–water partition coefficient (Wildman–Crippen LogP) is 1.93. The maximum atomic E-state index is 7.23. The van der Waals surface area contributed by atoms with Crippen molar-refractivity contribution in [1.82, 2.24) is 0 Å². The molecule has 0 unspecified atom stereocenters. The van der Waals surface area contributed by atoms with Crippen LogP contribution in [-0.2, 0) is 50.2 Å². The van der Waals surface area contributed by atoms with Crippen molar-refractivity contribution in [2.75, 3.05) is 0 Å². The minimum Gasteiger partial charge on any atom is -0.328 e. The van der Waals surface area contributed by atoms with E-state index in [0.717, 1.165) is 0 Å². The molecule has 3 N–H and O–H groups in total. The van der Waals surface area contributed by atoms with Crippen LogP contribution in [0.4, 0.5) is 0 Å². The normalized spacial score (nSPS) is 8.38. The molecule has 0 rings (SSSR count). The number of halogens is 4. The second-order valence-electron chi connectivity index (χ2n) is 0.990. The first-order valence-electron chi connectivity index (χ1n) is 1.73. The molecule has 0 aromatic heterocycles. The molecule has 0 aliphatic rings. The molecule has 0 atom stereocenters. The average molecular weight is 441 g/mol. The van der Waals surface area contributed by atoms with Gasteiger partial charge in [0.15, 0.2) is 0 Å². The summed E-state index contributed by atoms with van der Waals surface area (Å²) in [4.78, 5) is 21.7. The SMILES string of the molecule is Cl.ClC(Cl)(Cl)[CH2][Cu].OP(O)O.[Cu].[Cu]. The molecule has 11 heteroatoms. The van der Waals surface area contributed by atoms with Crippen LogP contribution in [0.2, 0.25) is 5.32 Å². The Hall–Kier alpha value is 3.03. The molecule has 0 saturated carbocycles. The third-order valence-corrected chi connectivity index (χ3v) is 1.50. The van der Waals surface area contributed by atoms with Crippen LogP contribution in [0.3, 0.4) is 0 Å². The van der Waals surface area contributed by atoms with Crippen LogP contribution in [0.25, 0.3) is 0 Å². The summed E-state index contributed by atoms with van der Waals surface area (Å²) in [7, 11) is -2.62. The summed E-state index contributed by atoms with van der Waals surface area (Å²) in [6.45, 7) is 0. The summed E-state index contributed by atoms with van der Waals surface area (Å²) in [6.07, 6.45) is 0. The fourth-order valence-corrected chi connectivity index (χ4v) is 0. The quantitative estimate of drug-likeness (QED) is 0.306. The van der Waals surface area contributed by atoms with Crippen LogP contribution in [0, 0.1) is 0 Å². The standard InChI is InChI=1S/C2H2Cl3.ClH.3Cu.H3O3P/c1-2(3,4)5;;;;;1-4(2)3/h1H2;1H;;;;1-3H. The smallest absolute Gasteiger partial charge is 0.324 e. The van der Waals surface area contributed by atoms with Crippen molar-refractivity contribution < 1.29 is 64.8 Å². The average Bonchev–Trinajstić information content (AvgIpc) is 1.63. The largest absolute Gasteiger partial charge is 0.328 e. The first kappa shape index (κ1) is 29.8. The van der Waals surface area contributed by atoms with Gasteiger partial charge in [0, 0.05) is 34.1 Å². The van der Waals surface area contributed by atoms with E-state index in [9.17, 15) is 0 Å². The Morgan fingerprint density at radius 3 is 1.15 bits per heavy atom. The third kappa shape index (κ3) is 70.2. The fourth-order valence-electron chi connectivity index (χ4n) is 0. The summed E-state index contributed by atoms with van der Waals surface area (Å²) in [5.41, 5.74) is 0. The molecule has 0 saturated heterocycles. The number of rotatable bonds is 0. The second kappa shape index (κ2) is 17.4. The van der Waals surface area contributed by atoms with Gasteiger partial charge in [-0.15, -0.1) is 12.4 Å². The number of alkyl halides is 3. The van der Waals surface area contributed by atoms with E-state index in [-0.39, 0.29) is 51.9 Å². The molecule has 2 radical (unpaired) electrons. The van der Waals surface area contributed by atoms with Crippen molar-refractivity contribution in [1.29, 1.82) is 0 Å². The van der Waals surface area contributed by atoms with Gasteiger partial charge in [0.25, 0.3) is 0 Å². The first-order valence-corrected chi connectivity index (χ1v) is 4.73. The van der Waals surface area contributed by atoms with Crippen molar-refractivity contribution in [3.8, 4) is 0 Å². The molecule has 0 amide bonds. The Bertz CT molecular complexity index is 80.8. The Labute approximate surface area is 128 Å². The summed E-state index contributed by atoms with van der Waals surface area (Å²) in [6, 6.07) is 0. The van der Waals surface area contributed by atoms with E-state index in [0.29, 0.717) is 0 Å². The number of hydrogen-bond acceptors (Lipinski definition) is 3. The molecule has 0 aliphatic heterocycles. The summed E-state index contributed by atoms with van der Waals surface area (Å²) >= 11 is 19.9. The Balaban J connectivity index is -0.0000000279. The molecule has 13 heavy (non-hydrogen) atoms. The van der Waals surface area contributed by atoms with Gasteiger partial charge >= 0.3 is 68.5 Å². The van der Waals surface area contributed by atoms with Crippen LogP contribution >= 0.6 is 55.8 Å². The van der Waals surface area contributed by atoms with Crippen LogP contribution in [-0.4, -0.2) is 18.5 Å². The zero-order chi connectivity index (χ0) is 8.78. The van der Waals surface area contributed by atoms with Gasteiger partial charge < -0.3 is 14.7 Å². The second-order valence-corrected chi connectivity index (χ2v) is 4.38. The third-order valence-electron chi connectivity index (χ3n) is 0.121. The monoisotopic (exact) mass is 438 g/mol. The maximum Gasteiger partial charge on any atom is 0.324 e. The molecular weight excluding hydrogens is 435 g/mol. The molecule has 98 valence electrons. The molecule has 3 nitrogen and oxygen atoms in total. The predicted molar refractivity (Wildman–Crippen MR) is 45.9 cm³/mol. The molecule has 0 aromatic carbocycles. The van der Waals surface area contributed by atoms with Crippen molar-refractivity contribution in [3.63, 3.8) is 0 Å². The number of hydrogen-bond donors (Lipinski definition) is 3.